The molecule has 0 aromatic carbocycles. The minimum atomic E-state index is -0.661. The maximum Gasteiger partial charge on any atom is 0.300 e. The van der Waals surface area contributed by atoms with E-state index in [9.17, 15) is 14.9 Å². The van der Waals surface area contributed by atoms with Crippen molar-refractivity contribution in [1.29, 1.82) is 0 Å². The lowest BCUT2D eigenvalue weighted by Gasteiger charge is -2.06. The Hall–Kier alpha value is -2.97. The van der Waals surface area contributed by atoms with E-state index in [1.807, 2.05) is 6.92 Å². The number of amides is 1. The van der Waals surface area contributed by atoms with Gasteiger partial charge in [-0.15, -0.1) is 0 Å². The fourth-order valence-electron chi connectivity index (χ4n) is 1.52. The van der Waals surface area contributed by atoms with Crippen molar-refractivity contribution in [1.82, 2.24) is 10.1 Å². The van der Waals surface area contributed by atoms with Crippen LogP contribution in [0.1, 0.15) is 17.3 Å². The second-order valence-corrected chi connectivity index (χ2v) is 3.74. The third-order valence-corrected chi connectivity index (χ3v) is 2.37. The molecule has 2 heterocycles. The largest absolute Gasteiger partial charge is 0.370 e. The van der Waals surface area contributed by atoms with Crippen LogP contribution in [0.2, 0.25) is 0 Å². The molecule has 0 radical (unpaired) electrons. The molecule has 104 valence electrons. The number of aromatic nitrogens is 2. The number of nitrogens with zero attached hydrogens (tertiary/aromatic N) is 3. The van der Waals surface area contributed by atoms with Gasteiger partial charge in [0.2, 0.25) is 0 Å². The second-order valence-electron chi connectivity index (χ2n) is 3.74. The molecular weight excluding hydrogens is 266 g/mol. The molecule has 0 aliphatic carbocycles. The molecule has 9 nitrogen and oxygen atoms in total. The number of carbonyl (C=O) groups excluding carboxylic acids is 1. The molecule has 0 aliphatic heterocycles. The Morgan fingerprint density at radius 1 is 1.50 bits per heavy atom. The maximum atomic E-state index is 12.1. The topological polar surface area (TPSA) is 123 Å². The Bertz CT molecular complexity index is 626. The van der Waals surface area contributed by atoms with Crippen molar-refractivity contribution >= 4 is 23.1 Å². The first-order chi connectivity index (χ1) is 9.61. The van der Waals surface area contributed by atoms with Gasteiger partial charge in [-0.05, 0) is 6.92 Å². The van der Waals surface area contributed by atoms with Crippen LogP contribution in [-0.2, 0) is 0 Å². The van der Waals surface area contributed by atoms with E-state index in [0.717, 1.165) is 6.20 Å². The lowest BCUT2D eigenvalue weighted by atomic mass is 10.2. The Labute approximate surface area is 113 Å². The van der Waals surface area contributed by atoms with Crippen molar-refractivity contribution in [2.45, 2.75) is 6.92 Å². The Kier molecular flexibility index (Phi) is 3.89. The molecule has 0 aliphatic rings. The zero-order valence-corrected chi connectivity index (χ0v) is 10.5. The van der Waals surface area contributed by atoms with Crippen LogP contribution in [0.5, 0.6) is 0 Å². The fraction of sp³-hybridized carbons (Fsp3) is 0.182. The Balaban J connectivity index is 2.33. The molecule has 2 aromatic heterocycles. The van der Waals surface area contributed by atoms with E-state index in [1.54, 1.807) is 0 Å². The van der Waals surface area contributed by atoms with Crippen LogP contribution in [0.3, 0.4) is 0 Å². The smallest absolute Gasteiger partial charge is 0.300 e. The molecule has 0 atom stereocenters. The van der Waals surface area contributed by atoms with Gasteiger partial charge in [0.05, 0.1) is 11.1 Å². The van der Waals surface area contributed by atoms with Crippen LogP contribution in [0.25, 0.3) is 0 Å². The van der Waals surface area contributed by atoms with Gasteiger partial charge in [0.1, 0.15) is 29.5 Å². The van der Waals surface area contributed by atoms with Gasteiger partial charge < -0.3 is 15.2 Å². The Morgan fingerprint density at radius 3 is 2.90 bits per heavy atom. The van der Waals surface area contributed by atoms with Gasteiger partial charge in [0.25, 0.3) is 11.6 Å². The molecular formula is C11H11N5O4. The first-order valence-corrected chi connectivity index (χ1v) is 5.71. The summed E-state index contributed by atoms with van der Waals surface area (Å²) in [7, 11) is 0. The standard InChI is InChI=1S/C11H11N5O4/c1-2-12-10-3-8(9(5-13-10)16(18)19)11(17)15-7-4-14-20-6-7/h3-6H,2H2,1H3,(H,12,13)(H,15,17). The van der Waals surface area contributed by atoms with Crippen molar-refractivity contribution in [2.75, 3.05) is 17.2 Å². The van der Waals surface area contributed by atoms with Crippen molar-refractivity contribution in [3.05, 3.63) is 40.4 Å². The number of carbonyl (C=O) groups is 1. The van der Waals surface area contributed by atoms with Crippen molar-refractivity contribution in [2.24, 2.45) is 0 Å². The van der Waals surface area contributed by atoms with Gasteiger partial charge in [-0.1, -0.05) is 5.16 Å². The molecule has 0 saturated carbocycles. The first kappa shape index (κ1) is 13.5. The van der Waals surface area contributed by atoms with E-state index in [4.69, 9.17) is 0 Å². The fourth-order valence-corrected chi connectivity index (χ4v) is 1.52. The van der Waals surface area contributed by atoms with Crippen LogP contribution >= 0.6 is 0 Å². The van der Waals surface area contributed by atoms with E-state index in [2.05, 4.69) is 25.3 Å². The second kappa shape index (κ2) is 5.78. The molecule has 1 amide bonds. The SMILES string of the molecule is CCNc1cc(C(=O)Nc2cnoc2)c([N+](=O)[O-])cn1. The third-order valence-electron chi connectivity index (χ3n) is 2.37. The first-order valence-electron chi connectivity index (χ1n) is 5.71. The van der Waals surface area contributed by atoms with Crippen LogP contribution in [-0.4, -0.2) is 27.5 Å². The summed E-state index contributed by atoms with van der Waals surface area (Å²) in [6.45, 7) is 2.43. The average Bonchev–Trinajstić information content (AvgIpc) is 2.91. The van der Waals surface area contributed by atoms with Crippen LogP contribution in [0, 0.1) is 10.1 Å². The highest BCUT2D eigenvalue weighted by molar-refractivity contribution is 6.07. The molecule has 2 N–H and O–H groups in total. The summed E-state index contributed by atoms with van der Waals surface area (Å²) in [6.07, 6.45) is 3.55. The summed E-state index contributed by atoms with van der Waals surface area (Å²) < 4.78 is 4.57. The number of rotatable bonds is 5. The van der Waals surface area contributed by atoms with E-state index in [0.29, 0.717) is 18.1 Å². The summed E-state index contributed by atoms with van der Waals surface area (Å²) in [6, 6.07) is 1.32. The predicted molar refractivity (Wildman–Crippen MR) is 69.5 cm³/mol. The number of nitro groups is 1. The van der Waals surface area contributed by atoms with Crippen molar-refractivity contribution in [3.8, 4) is 0 Å². The predicted octanol–water partition coefficient (Wildman–Crippen LogP) is 1.66. The number of hydrogen-bond donors (Lipinski definition) is 2. The molecule has 20 heavy (non-hydrogen) atoms. The number of nitrogens with one attached hydrogen (secondary N) is 2. The van der Waals surface area contributed by atoms with Gasteiger partial charge in [0.15, 0.2) is 0 Å². The molecule has 0 saturated heterocycles. The molecule has 2 rings (SSSR count). The van der Waals surface area contributed by atoms with Gasteiger partial charge in [0, 0.05) is 12.6 Å². The highest BCUT2D eigenvalue weighted by Gasteiger charge is 2.22. The Morgan fingerprint density at radius 2 is 2.30 bits per heavy atom. The van der Waals surface area contributed by atoms with Crippen molar-refractivity contribution < 1.29 is 14.2 Å². The average molecular weight is 277 g/mol. The summed E-state index contributed by atoms with van der Waals surface area (Å²) in [5.74, 6) is -0.255. The van der Waals surface area contributed by atoms with Gasteiger partial charge in [-0.3, -0.25) is 14.9 Å². The van der Waals surface area contributed by atoms with Crippen LogP contribution in [0.15, 0.2) is 29.2 Å². The van der Waals surface area contributed by atoms with Crippen LogP contribution < -0.4 is 10.6 Å². The number of hydrogen-bond acceptors (Lipinski definition) is 7. The lowest BCUT2D eigenvalue weighted by molar-refractivity contribution is -0.385. The minimum absolute atomic E-state index is 0.0952. The number of pyridine rings is 1. The summed E-state index contributed by atoms with van der Waals surface area (Å²) in [4.78, 5) is 26.2. The monoisotopic (exact) mass is 277 g/mol. The third kappa shape index (κ3) is 2.88. The highest BCUT2D eigenvalue weighted by Crippen LogP contribution is 2.21. The van der Waals surface area contributed by atoms with Gasteiger partial charge >= 0.3 is 0 Å². The van der Waals surface area contributed by atoms with E-state index < -0.39 is 10.8 Å². The van der Waals surface area contributed by atoms with Gasteiger partial charge in [-0.25, -0.2) is 4.98 Å². The molecule has 0 unspecified atom stereocenters. The van der Waals surface area contributed by atoms with E-state index in [-0.39, 0.29) is 11.3 Å². The lowest BCUT2D eigenvalue weighted by Crippen LogP contribution is -2.14. The zero-order chi connectivity index (χ0) is 14.5. The van der Waals surface area contributed by atoms with Crippen LogP contribution in [0.4, 0.5) is 17.2 Å². The summed E-state index contributed by atoms with van der Waals surface area (Å²) >= 11 is 0. The molecule has 0 spiro atoms. The molecule has 0 fully saturated rings. The maximum absolute atomic E-state index is 12.1. The normalized spacial score (nSPS) is 10.1. The van der Waals surface area contributed by atoms with E-state index in [1.165, 1.54) is 18.5 Å². The summed E-state index contributed by atoms with van der Waals surface area (Å²) in [5, 5.41) is 19.7. The quantitative estimate of drug-likeness (QED) is 0.629. The zero-order valence-electron chi connectivity index (χ0n) is 10.5. The highest BCUT2D eigenvalue weighted by atomic mass is 16.6. The van der Waals surface area contributed by atoms with Crippen molar-refractivity contribution in [3.63, 3.8) is 0 Å². The number of anilines is 2. The van der Waals surface area contributed by atoms with Gasteiger partial charge in [-0.2, -0.15) is 0 Å². The molecule has 9 heteroatoms. The minimum Gasteiger partial charge on any atom is -0.370 e. The molecule has 0 bridgehead atoms. The van der Waals surface area contributed by atoms with E-state index >= 15 is 0 Å². The summed E-state index contributed by atoms with van der Waals surface area (Å²) in [5.41, 5.74) is -0.158. The molecule has 2 aromatic rings.